The van der Waals surface area contributed by atoms with Gasteiger partial charge in [-0.15, -0.1) is 0 Å². The maximum atomic E-state index is 5.94. The van der Waals surface area contributed by atoms with Crippen LogP contribution in [-0.2, 0) is 13.0 Å². The molecule has 0 atom stereocenters. The summed E-state index contributed by atoms with van der Waals surface area (Å²) in [6.45, 7) is 3.51. The molecular formula is C22H22N2O. The average molecular weight is 330 g/mol. The number of pyridine rings is 1. The Bertz CT molecular complexity index is 818. The summed E-state index contributed by atoms with van der Waals surface area (Å²) in [4.78, 5) is 6.93. The van der Waals surface area contributed by atoms with Gasteiger partial charge in [-0.25, -0.2) is 4.98 Å². The Balaban J connectivity index is 1.57. The van der Waals surface area contributed by atoms with Crippen LogP contribution in [0.1, 0.15) is 11.1 Å². The van der Waals surface area contributed by atoms with Crippen molar-refractivity contribution in [1.29, 1.82) is 0 Å². The lowest BCUT2D eigenvalue weighted by Gasteiger charge is -2.20. The van der Waals surface area contributed by atoms with Crippen LogP contribution in [0.3, 0.4) is 0 Å². The smallest absolute Gasteiger partial charge is 0.218 e. The van der Waals surface area contributed by atoms with Crippen LogP contribution in [0.2, 0.25) is 0 Å². The fourth-order valence-electron chi connectivity index (χ4n) is 3.34. The summed E-state index contributed by atoms with van der Waals surface area (Å²) < 4.78 is 5.94. The van der Waals surface area contributed by atoms with Gasteiger partial charge in [0, 0.05) is 31.4 Å². The van der Waals surface area contributed by atoms with Crippen molar-refractivity contribution in [3.8, 4) is 17.0 Å². The van der Waals surface area contributed by atoms with E-state index in [0.717, 1.165) is 31.9 Å². The summed E-state index contributed by atoms with van der Waals surface area (Å²) in [5, 5.41) is 0. The van der Waals surface area contributed by atoms with Gasteiger partial charge >= 0.3 is 0 Å². The lowest BCUT2D eigenvalue weighted by atomic mass is 10.0. The molecule has 0 aliphatic carbocycles. The summed E-state index contributed by atoms with van der Waals surface area (Å²) in [7, 11) is 0. The third-order valence-electron chi connectivity index (χ3n) is 4.69. The van der Waals surface area contributed by atoms with E-state index < -0.39 is 0 Å². The number of nitrogens with zero attached hydrogens (tertiary/aromatic N) is 2. The number of fused-ring (bicyclic) bond motifs is 1. The zero-order chi connectivity index (χ0) is 16.9. The fourth-order valence-corrected chi connectivity index (χ4v) is 3.34. The molecule has 0 radical (unpaired) electrons. The first-order valence-corrected chi connectivity index (χ1v) is 8.82. The van der Waals surface area contributed by atoms with Gasteiger partial charge in [0.1, 0.15) is 6.61 Å². The van der Waals surface area contributed by atoms with Crippen molar-refractivity contribution >= 4 is 0 Å². The van der Waals surface area contributed by atoms with Crippen LogP contribution in [-0.4, -0.2) is 29.6 Å². The molecule has 2 aromatic carbocycles. The molecule has 1 aliphatic rings. The normalized spacial score (nSPS) is 14.4. The molecule has 25 heavy (non-hydrogen) atoms. The predicted octanol–water partition coefficient (Wildman–Crippen LogP) is 4.19. The largest absolute Gasteiger partial charge is 0.476 e. The quantitative estimate of drug-likeness (QED) is 0.717. The Morgan fingerprint density at radius 1 is 0.920 bits per heavy atom. The van der Waals surface area contributed by atoms with Crippen LogP contribution in [0.5, 0.6) is 5.88 Å². The first-order chi connectivity index (χ1) is 12.4. The molecule has 0 saturated carbocycles. The molecule has 0 fully saturated rings. The fraction of sp³-hybridized carbons (Fsp3) is 0.227. The van der Waals surface area contributed by atoms with Crippen LogP contribution in [0, 0.1) is 0 Å². The topological polar surface area (TPSA) is 25.4 Å². The second-order valence-electron chi connectivity index (χ2n) is 6.37. The van der Waals surface area contributed by atoms with E-state index >= 15 is 0 Å². The predicted molar refractivity (Wildman–Crippen MR) is 101 cm³/mol. The molecule has 1 aromatic heterocycles. The first kappa shape index (κ1) is 15.9. The van der Waals surface area contributed by atoms with E-state index in [-0.39, 0.29) is 0 Å². The molecular weight excluding hydrogens is 308 g/mol. The number of ether oxygens (including phenoxy) is 1. The number of aromatic nitrogens is 1. The van der Waals surface area contributed by atoms with Crippen LogP contribution in [0.25, 0.3) is 11.1 Å². The average Bonchev–Trinajstić information content (AvgIpc) is 2.90. The van der Waals surface area contributed by atoms with Gasteiger partial charge in [0.2, 0.25) is 5.88 Å². The van der Waals surface area contributed by atoms with Crippen molar-refractivity contribution in [3.63, 3.8) is 0 Å². The molecule has 0 saturated heterocycles. The highest BCUT2D eigenvalue weighted by atomic mass is 16.5. The lowest BCUT2D eigenvalue weighted by Crippen LogP contribution is -2.28. The molecule has 4 rings (SSSR count). The van der Waals surface area contributed by atoms with E-state index in [2.05, 4.69) is 70.5 Å². The monoisotopic (exact) mass is 330 g/mol. The van der Waals surface area contributed by atoms with Crippen LogP contribution in [0.4, 0.5) is 0 Å². The second kappa shape index (κ2) is 7.49. The Morgan fingerprint density at radius 2 is 1.68 bits per heavy atom. The van der Waals surface area contributed by atoms with Gasteiger partial charge in [-0.2, -0.15) is 0 Å². The lowest BCUT2D eigenvalue weighted by molar-refractivity contribution is 0.225. The minimum absolute atomic E-state index is 0.688. The molecule has 2 heterocycles. The van der Waals surface area contributed by atoms with Crippen molar-refractivity contribution in [2.24, 2.45) is 0 Å². The van der Waals surface area contributed by atoms with E-state index in [1.807, 2.05) is 12.3 Å². The minimum Gasteiger partial charge on any atom is -0.476 e. The van der Waals surface area contributed by atoms with E-state index in [4.69, 9.17) is 4.74 Å². The molecule has 0 unspecified atom stereocenters. The molecule has 126 valence electrons. The Labute approximate surface area is 148 Å². The van der Waals surface area contributed by atoms with Gasteiger partial charge in [-0.3, -0.25) is 4.90 Å². The van der Waals surface area contributed by atoms with E-state index in [1.54, 1.807) is 0 Å². The van der Waals surface area contributed by atoms with E-state index in [0.29, 0.717) is 6.61 Å². The molecule has 1 aliphatic heterocycles. The van der Waals surface area contributed by atoms with Crippen molar-refractivity contribution in [3.05, 3.63) is 84.1 Å². The zero-order valence-corrected chi connectivity index (χ0v) is 14.3. The molecule has 3 nitrogen and oxygen atoms in total. The second-order valence-corrected chi connectivity index (χ2v) is 6.37. The molecule has 3 heteroatoms. The van der Waals surface area contributed by atoms with Crippen molar-refractivity contribution in [1.82, 2.24) is 9.88 Å². The third kappa shape index (κ3) is 3.72. The number of benzene rings is 2. The number of hydrogen-bond acceptors (Lipinski definition) is 3. The van der Waals surface area contributed by atoms with Crippen LogP contribution in [0.15, 0.2) is 72.9 Å². The summed E-state index contributed by atoms with van der Waals surface area (Å²) >= 11 is 0. The molecule has 3 aromatic rings. The summed E-state index contributed by atoms with van der Waals surface area (Å²) in [5.41, 5.74) is 5.01. The highest BCUT2D eigenvalue weighted by Gasteiger charge is 2.19. The van der Waals surface area contributed by atoms with E-state index in [9.17, 15) is 0 Å². The molecule has 0 amide bonds. The van der Waals surface area contributed by atoms with Crippen molar-refractivity contribution in [2.75, 3.05) is 19.7 Å². The minimum atomic E-state index is 0.688. The van der Waals surface area contributed by atoms with Gasteiger partial charge in [0.25, 0.3) is 0 Å². The SMILES string of the molecule is c1ccc(CCN2CCOc3nccc(-c4ccccc4)c3C2)cc1. The summed E-state index contributed by atoms with van der Waals surface area (Å²) in [5.74, 6) is 0.781. The molecule has 0 bridgehead atoms. The number of rotatable bonds is 4. The maximum Gasteiger partial charge on any atom is 0.218 e. The van der Waals surface area contributed by atoms with Gasteiger partial charge in [0.15, 0.2) is 0 Å². The Kier molecular flexibility index (Phi) is 4.75. The van der Waals surface area contributed by atoms with Crippen molar-refractivity contribution in [2.45, 2.75) is 13.0 Å². The van der Waals surface area contributed by atoms with Gasteiger partial charge in [-0.1, -0.05) is 60.7 Å². The Hall–Kier alpha value is -2.65. The third-order valence-corrected chi connectivity index (χ3v) is 4.69. The van der Waals surface area contributed by atoms with Crippen molar-refractivity contribution < 1.29 is 4.74 Å². The highest BCUT2D eigenvalue weighted by molar-refractivity contribution is 5.68. The van der Waals surface area contributed by atoms with E-state index in [1.165, 1.54) is 22.3 Å². The molecule has 0 spiro atoms. The van der Waals surface area contributed by atoms with Crippen LogP contribution < -0.4 is 4.74 Å². The highest BCUT2D eigenvalue weighted by Crippen LogP contribution is 2.31. The first-order valence-electron chi connectivity index (χ1n) is 8.82. The van der Waals surface area contributed by atoms with Gasteiger partial charge in [-0.05, 0) is 29.2 Å². The standard InChI is InChI=1S/C22H22N2O/c1-3-7-18(8-4-1)12-14-24-15-16-25-22-21(17-24)20(11-13-23-22)19-9-5-2-6-10-19/h1-11,13H,12,14-17H2. The number of hydrogen-bond donors (Lipinski definition) is 0. The Morgan fingerprint density at radius 3 is 2.48 bits per heavy atom. The zero-order valence-electron chi connectivity index (χ0n) is 14.3. The summed E-state index contributed by atoms with van der Waals surface area (Å²) in [6, 6.07) is 23.3. The molecule has 0 N–H and O–H groups in total. The van der Waals surface area contributed by atoms with Crippen LogP contribution >= 0.6 is 0 Å². The van der Waals surface area contributed by atoms with Gasteiger partial charge in [0.05, 0.1) is 0 Å². The van der Waals surface area contributed by atoms with Gasteiger partial charge < -0.3 is 4.74 Å². The maximum absolute atomic E-state index is 5.94. The summed E-state index contributed by atoms with van der Waals surface area (Å²) in [6.07, 6.45) is 2.90.